The van der Waals surface area contributed by atoms with Crippen LogP contribution in [0.3, 0.4) is 0 Å². The largest absolute Gasteiger partial charge is 0.496 e. The van der Waals surface area contributed by atoms with Crippen LogP contribution in [0.4, 0.5) is 0 Å². The Bertz CT molecular complexity index is 1340. The zero-order chi connectivity index (χ0) is 24.0. The van der Waals surface area contributed by atoms with E-state index in [1.54, 1.807) is 13.2 Å². The number of carboxylic acid groups (broad SMARTS) is 1. The van der Waals surface area contributed by atoms with Gasteiger partial charge in [-0.1, -0.05) is 28.7 Å². The van der Waals surface area contributed by atoms with Gasteiger partial charge in [0.1, 0.15) is 23.2 Å². The van der Waals surface area contributed by atoms with E-state index >= 15 is 0 Å². The minimum atomic E-state index is -4.31. The number of fused-ring (bicyclic) bond motifs is 1. The Morgan fingerprint density at radius 3 is 2.70 bits per heavy atom. The molecule has 1 aliphatic rings. The minimum absolute atomic E-state index is 0.134. The number of aliphatic carboxylic acids is 1. The van der Waals surface area contributed by atoms with E-state index < -0.39 is 21.5 Å². The van der Waals surface area contributed by atoms with Crippen LogP contribution >= 0.6 is 0 Å². The summed E-state index contributed by atoms with van der Waals surface area (Å²) in [7, 11) is -1.23. The number of aromatic nitrogens is 3. The molecule has 0 atom stereocenters. The molecule has 0 aliphatic carbocycles. The Hall–Kier alpha value is -3.64. The van der Waals surface area contributed by atoms with Crippen molar-refractivity contribution in [2.75, 3.05) is 7.11 Å². The van der Waals surface area contributed by atoms with Crippen molar-refractivity contribution in [2.24, 2.45) is 7.05 Å². The number of oxazole rings is 1. The third-order valence-electron chi connectivity index (χ3n) is 5.38. The first-order chi connectivity index (χ1) is 15.6. The molecule has 0 radical (unpaired) electrons. The predicted molar refractivity (Wildman–Crippen MR) is 117 cm³/mol. The normalized spacial score (nSPS) is 16.9. The quantitative estimate of drug-likeness (QED) is 0.550. The molecule has 3 aromatic rings. The molecule has 2 N–H and O–H groups in total. The van der Waals surface area contributed by atoms with Crippen LogP contribution < -0.4 is 10.2 Å². The highest BCUT2D eigenvalue weighted by Gasteiger charge is 2.49. The first-order valence-corrected chi connectivity index (χ1v) is 11.4. The number of ether oxygens (including phenoxy) is 1. The lowest BCUT2D eigenvalue weighted by Gasteiger charge is -2.37. The third kappa shape index (κ3) is 3.66. The number of imidazole rings is 1. The number of rotatable bonds is 6. The number of sulfonamides is 1. The number of para-hydroxylation sites is 1. The Morgan fingerprint density at radius 2 is 2.06 bits per heavy atom. The fourth-order valence-electron chi connectivity index (χ4n) is 3.54. The summed E-state index contributed by atoms with van der Waals surface area (Å²) < 4.78 is 39.8. The van der Waals surface area contributed by atoms with Gasteiger partial charge in [-0.05, 0) is 31.9 Å². The van der Waals surface area contributed by atoms with Gasteiger partial charge in [-0.25, -0.2) is 18.4 Å². The molecule has 33 heavy (non-hydrogen) atoms. The van der Waals surface area contributed by atoms with Crippen molar-refractivity contribution >= 4 is 21.7 Å². The number of hydrogen-bond acceptors (Lipinski definition) is 8. The van der Waals surface area contributed by atoms with Gasteiger partial charge in [0.05, 0.1) is 19.0 Å². The molecule has 174 valence electrons. The number of allylic oxidation sites excluding steroid dienone is 1. The molecule has 4 rings (SSSR count). The van der Waals surface area contributed by atoms with Crippen LogP contribution in [0, 0.1) is 0 Å². The monoisotopic (exact) mass is 473 g/mol. The maximum atomic E-state index is 13.5. The van der Waals surface area contributed by atoms with Crippen LogP contribution in [0.5, 0.6) is 5.75 Å². The standard InChI is InChI=1S/C21H23N5O6S/c1-21(2,20(27)28)26-24-14(10-9-13-7-5-6-8-15(13)31-4)16-19(33(26,29)30)25(3)17(23-16)18-22-11-12-32-18/h5-8,10-12,24H,9H2,1-4H3,(H,27,28)/b14-10-. The van der Waals surface area contributed by atoms with E-state index in [4.69, 9.17) is 9.15 Å². The molecule has 3 heterocycles. The fourth-order valence-corrected chi connectivity index (χ4v) is 5.44. The van der Waals surface area contributed by atoms with Gasteiger partial charge in [0.25, 0.3) is 15.9 Å². The van der Waals surface area contributed by atoms with E-state index in [0.29, 0.717) is 17.9 Å². The minimum Gasteiger partial charge on any atom is -0.496 e. The van der Waals surface area contributed by atoms with Crippen molar-refractivity contribution < 1.29 is 27.5 Å². The molecule has 2 aromatic heterocycles. The summed E-state index contributed by atoms with van der Waals surface area (Å²) in [4.78, 5) is 20.5. The molecule has 0 unspecified atom stereocenters. The van der Waals surface area contributed by atoms with Gasteiger partial charge >= 0.3 is 5.97 Å². The van der Waals surface area contributed by atoms with E-state index in [9.17, 15) is 18.3 Å². The summed E-state index contributed by atoms with van der Waals surface area (Å²) in [6.45, 7) is 2.60. The molecular weight excluding hydrogens is 450 g/mol. The molecule has 11 nitrogen and oxygen atoms in total. The fraction of sp³-hybridized carbons (Fsp3) is 0.286. The number of hydrogen-bond donors (Lipinski definition) is 2. The summed E-state index contributed by atoms with van der Waals surface area (Å²) in [6.07, 6.45) is 4.89. The zero-order valence-corrected chi connectivity index (χ0v) is 19.3. The molecule has 0 bridgehead atoms. The number of carbonyl (C=O) groups is 1. The zero-order valence-electron chi connectivity index (χ0n) is 18.4. The first kappa shape index (κ1) is 22.6. The lowest BCUT2D eigenvalue weighted by molar-refractivity contribution is -0.147. The topological polar surface area (TPSA) is 140 Å². The van der Waals surface area contributed by atoms with Gasteiger partial charge in [0.15, 0.2) is 10.9 Å². The second-order valence-electron chi connectivity index (χ2n) is 7.86. The Labute approximate surface area is 190 Å². The van der Waals surface area contributed by atoms with Gasteiger partial charge in [0, 0.05) is 7.05 Å². The lowest BCUT2D eigenvalue weighted by atomic mass is 10.1. The van der Waals surface area contributed by atoms with Crippen molar-refractivity contribution in [3.63, 3.8) is 0 Å². The summed E-state index contributed by atoms with van der Waals surface area (Å²) in [5, 5.41) is 9.56. The molecular formula is C21H23N5O6S. The number of carboxylic acids is 1. The van der Waals surface area contributed by atoms with Gasteiger partial charge < -0.3 is 24.3 Å². The van der Waals surface area contributed by atoms with Crippen LogP contribution in [-0.2, 0) is 28.3 Å². The molecule has 0 saturated carbocycles. The third-order valence-corrected chi connectivity index (χ3v) is 7.36. The Kier molecular flexibility index (Phi) is 5.50. The smallest absolute Gasteiger partial charge is 0.326 e. The molecule has 1 aliphatic heterocycles. The number of methoxy groups -OCH3 is 1. The maximum absolute atomic E-state index is 13.5. The summed E-state index contributed by atoms with van der Waals surface area (Å²) in [6, 6.07) is 7.41. The SMILES string of the molecule is COc1ccccc1C/C=C1\NN(C(C)(C)C(=O)O)S(=O)(=O)c2c1nc(-c1ncco1)n2C. The van der Waals surface area contributed by atoms with Crippen LogP contribution in [0.2, 0.25) is 0 Å². The highest BCUT2D eigenvalue weighted by Crippen LogP contribution is 2.36. The van der Waals surface area contributed by atoms with Crippen molar-refractivity contribution in [1.29, 1.82) is 0 Å². The van der Waals surface area contributed by atoms with E-state index in [-0.39, 0.29) is 22.4 Å². The van der Waals surface area contributed by atoms with Crippen molar-refractivity contribution in [3.05, 3.63) is 54.1 Å². The van der Waals surface area contributed by atoms with Crippen molar-refractivity contribution in [1.82, 2.24) is 24.4 Å². The highest BCUT2D eigenvalue weighted by molar-refractivity contribution is 7.89. The van der Waals surface area contributed by atoms with Crippen molar-refractivity contribution in [2.45, 2.75) is 30.8 Å². The predicted octanol–water partition coefficient (Wildman–Crippen LogP) is 2.04. The highest BCUT2D eigenvalue weighted by atomic mass is 32.2. The number of nitrogens with zero attached hydrogens (tertiary/aromatic N) is 4. The van der Waals surface area contributed by atoms with E-state index in [2.05, 4.69) is 15.4 Å². The summed E-state index contributed by atoms with van der Waals surface area (Å²) >= 11 is 0. The average molecular weight is 474 g/mol. The van der Waals surface area contributed by atoms with Crippen LogP contribution in [-0.4, -0.2) is 51.1 Å². The molecule has 0 spiro atoms. The number of benzene rings is 1. The Morgan fingerprint density at radius 1 is 1.33 bits per heavy atom. The number of nitrogens with one attached hydrogen (secondary N) is 1. The average Bonchev–Trinajstić information content (AvgIpc) is 3.41. The second kappa shape index (κ2) is 8.05. The molecule has 12 heteroatoms. The molecule has 0 amide bonds. The second-order valence-corrected chi connectivity index (χ2v) is 9.57. The van der Waals surface area contributed by atoms with Gasteiger partial charge in [0.2, 0.25) is 0 Å². The maximum Gasteiger partial charge on any atom is 0.326 e. The summed E-state index contributed by atoms with van der Waals surface area (Å²) in [5.41, 5.74) is 2.30. The Balaban J connectivity index is 1.90. The molecule has 0 fully saturated rings. The number of hydrazine groups is 1. The van der Waals surface area contributed by atoms with Crippen molar-refractivity contribution in [3.8, 4) is 17.5 Å². The van der Waals surface area contributed by atoms with E-state index in [1.165, 1.54) is 37.9 Å². The van der Waals surface area contributed by atoms with Gasteiger partial charge in [-0.15, -0.1) is 0 Å². The van der Waals surface area contributed by atoms with Crippen LogP contribution in [0.1, 0.15) is 25.1 Å². The van der Waals surface area contributed by atoms with Gasteiger partial charge in [-0.2, -0.15) is 0 Å². The lowest BCUT2D eigenvalue weighted by Crippen LogP contribution is -2.60. The van der Waals surface area contributed by atoms with E-state index in [1.807, 2.05) is 24.3 Å². The van der Waals surface area contributed by atoms with E-state index in [0.717, 1.165) is 9.98 Å². The summed E-state index contributed by atoms with van der Waals surface area (Å²) in [5.74, 6) is -0.327. The van der Waals surface area contributed by atoms with Crippen LogP contribution in [0.15, 0.2) is 52.2 Å². The van der Waals surface area contributed by atoms with Crippen LogP contribution in [0.25, 0.3) is 17.4 Å². The van der Waals surface area contributed by atoms with Gasteiger partial charge in [-0.3, -0.25) is 4.79 Å². The molecule has 0 saturated heterocycles. The molecule has 1 aromatic carbocycles. The first-order valence-electron chi connectivity index (χ1n) is 9.93.